The molecule has 1 fully saturated rings. The molecule has 2 nitrogen and oxygen atoms in total. The van der Waals surface area contributed by atoms with Crippen LogP contribution in [0.4, 0.5) is 0 Å². The van der Waals surface area contributed by atoms with E-state index in [1.165, 1.54) is 12.0 Å². The number of nitrogens with zero attached hydrogens (tertiary/aromatic N) is 1. The van der Waals surface area contributed by atoms with Crippen molar-refractivity contribution in [3.05, 3.63) is 11.6 Å². The minimum atomic E-state index is -0.137. The van der Waals surface area contributed by atoms with Crippen molar-refractivity contribution in [3.8, 4) is 6.07 Å². The van der Waals surface area contributed by atoms with Crippen molar-refractivity contribution in [2.24, 2.45) is 17.3 Å². The van der Waals surface area contributed by atoms with Gasteiger partial charge in [-0.2, -0.15) is 5.26 Å². The molecule has 16 heavy (non-hydrogen) atoms. The van der Waals surface area contributed by atoms with Crippen LogP contribution in [0, 0.1) is 28.6 Å². The van der Waals surface area contributed by atoms with Gasteiger partial charge >= 0.3 is 0 Å². The van der Waals surface area contributed by atoms with E-state index in [1.807, 2.05) is 0 Å². The zero-order valence-corrected chi connectivity index (χ0v) is 10.2. The molecule has 2 heteroatoms. The molecule has 4 atom stereocenters. The molecule has 1 N–H and O–H groups in total. The molecule has 4 unspecified atom stereocenters. The molecule has 0 amide bonds. The summed E-state index contributed by atoms with van der Waals surface area (Å²) in [5, 5.41) is 18.9. The third-order valence-corrected chi connectivity index (χ3v) is 4.66. The molecule has 0 aromatic rings. The summed E-state index contributed by atoms with van der Waals surface area (Å²) >= 11 is 0. The minimum absolute atomic E-state index is 0.137. The Balaban J connectivity index is 2.20. The molecule has 0 aliphatic heterocycles. The first kappa shape index (κ1) is 11.7. The zero-order chi connectivity index (χ0) is 11.8. The second kappa shape index (κ2) is 4.22. The lowest BCUT2D eigenvalue weighted by molar-refractivity contribution is 0.00808. The summed E-state index contributed by atoms with van der Waals surface area (Å²) in [5.41, 5.74) is 1.59. The van der Waals surface area contributed by atoms with Gasteiger partial charge in [0.1, 0.15) is 0 Å². The first-order chi connectivity index (χ1) is 7.59. The topological polar surface area (TPSA) is 44.0 Å². The van der Waals surface area contributed by atoms with Gasteiger partial charge in [-0.05, 0) is 42.9 Å². The van der Waals surface area contributed by atoms with Crippen LogP contribution in [0.5, 0.6) is 0 Å². The lowest BCUT2D eigenvalue weighted by Gasteiger charge is -2.43. The summed E-state index contributed by atoms with van der Waals surface area (Å²) in [5.74, 6) is 0.752. The van der Waals surface area contributed by atoms with Crippen LogP contribution in [0.3, 0.4) is 0 Å². The van der Waals surface area contributed by atoms with Crippen molar-refractivity contribution in [2.75, 3.05) is 0 Å². The molecule has 2 rings (SSSR count). The van der Waals surface area contributed by atoms with Crippen molar-refractivity contribution < 1.29 is 5.11 Å². The van der Waals surface area contributed by atoms with Gasteiger partial charge in [0, 0.05) is 6.42 Å². The molecule has 2 aliphatic rings. The lowest BCUT2D eigenvalue weighted by Crippen LogP contribution is -2.39. The number of nitriles is 1. The molecule has 0 heterocycles. The molecule has 1 saturated carbocycles. The van der Waals surface area contributed by atoms with Gasteiger partial charge in [-0.1, -0.05) is 25.5 Å². The number of aliphatic hydroxyl groups is 1. The average molecular weight is 219 g/mol. The number of hydrogen-bond acceptors (Lipinski definition) is 2. The zero-order valence-electron chi connectivity index (χ0n) is 10.2. The van der Waals surface area contributed by atoms with Gasteiger partial charge in [0.2, 0.25) is 0 Å². The van der Waals surface area contributed by atoms with Crippen molar-refractivity contribution in [3.63, 3.8) is 0 Å². The largest absolute Gasteiger partial charge is 0.393 e. The molecule has 0 bridgehead atoms. The van der Waals surface area contributed by atoms with E-state index in [0.717, 1.165) is 19.3 Å². The first-order valence-electron chi connectivity index (χ1n) is 6.35. The van der Waals surface area contributed by atoms with Crippen molar-refractivity contribution in [1.29, 1.82) is 5.26 Å². The van der Waals surface area contributed by atoms with Crippen molar-refractivity contribution in [2.45, 2.75) is 52.1 Å². The molecule has 0 spiro atoms. The van der Waals surface area contributed by atoms with Gasteiger partial charge < -0.3 is 5.11 Å². The van der Waals surface area contributed by atoms with E-state index in [2.05, 4.69) is 26.0 Å². The van der Waals surface area contributed by atoms with Gasteiger partial charge in [-0.3, -0.25) is 0 Å². The molecule has 0 radical (unpaired) electrons. The molecule has 0 saturated heterocycles. The Morgan fingerprint density at radius 2 is 2.44 bits per heavy atom. The molecular weight excluding hydrogens is 198 g/mol. The molecule has 2 aliphatic carbocycles. The van der Waals surface area contributed by atoms with Gasteiger partial charge in [0.15, 0.2) is 0 Å². The van der Waals surface area contributed by atoms with Crippen LogP contribution in [0.25, 0.3) is 0 Å². The monoisotopic (exact) mass is 219 g/mol. The fraction of sp³-hybridized carbons (Fsp3) is 0.786. The van der Waals surface area contributed by atoms with Crippen LogP contribution in [0.2, 0.25) is 0 Å². The maximum absolute atomic E-state index is 10.1. The highest BCUT2D eigenvalue weighted by Crippen LogP contribution is 2.54. The average Bonchev–Trinajstić information content (AvgIpc) is 2.57. The molecule has 0 aromatic heterocycles. The van der Waals surface area contributed by atoms with Crippen molar-refractivity contribution in [1.82, 2.24) is 0 Å². The predicted molar refractivity (Wildman–Crippen MR) is 63.5 cm³/mol. The van der Waals surface area contributed by atoms with Crippen molar-refractivity contribution >= 4 is 0 Å². The second-order valence-corrected chi connectivity index (χ2v) is 5.64. The predicted octanol–water partition coefficient (Wildman–Crippen LogP) is 3.03. The fourth-order valence-electron chi connectivity index (χ4n) is 3.76. The fourth-order valence-corrected chi connectivity index (χ4v) is 3.76. The highest BCUT2D eigenvalue weighted by molar-refractivity contribution is 5.26. The Bertz CT molecular complexity index is 341. The van der Waals surface area contributed by atoms with Crippen LogP contribution in [-0.2, 0) is 0 Å². The van der Waals surface area contributed by atoms with E-state index in [4.69, 9.17) is 5.26 Å². The summed E-state index contributed by atoms with van der Waals surface area (Å²) in [7, 11) is 0. The van der Waals surface area contributed by atoms with Gasteiger partial charge in [-0.15, -0.1) is 0 Å². The Kier molecular flexibility index (Phi) is 3.08. The summed E-state index contributed by atoms with van der Waals surface area (Å²) in [6.07, 6.45) is 7.00. The maximum atomic E-state index is 10.1. The van der Waals surface area contributed by atoms with Gasteiger partial charge in [0.05, 0.1) is 12.2 Å². The second-order valence-electron chi connectivity index (χ2n) is 5.64. The summed E-state index contributed by atoms with van der Waals surface area (Å²) in [6, 6.07) is 2.26. The summed E-state index contributed by atoms with van der Waals surface area (Å²) in [4.78, 5) is 0. The third-order valence-electron chi connectivity index (χ3n) is 4.66. The van der Waals surface area contributed by atoms with Crippen LogP contribution >= 0.6 is 0 Å². The number of aliphatic hydroxyl groups excluding tert-OH is 1. The number of fused-ring (bicyclic) bond motifs is 1. The maximum Gasteiger partial charge on any atom is 0.0627 e. The molecule has 0 aromatic carbocycles. The normalized spacial score (nSPS) is 39.8. The van der Waals surface area contributed by atoms with E-state index in [-0.39, 0.29) is 11.5 Å². The molecular formula is C14H21NO. The number of rotatable bonds is 2. The Morgan fingerprint density at radius 1 is 1.69 bits per heavy atom. The highest BCUT2D eigenvalue weighted by atomic mass is 16.3. The van der Waals surface area contributed by atoms with E-state index >= 15 is 0 Å². The van der Waals surface area contributed by atoms with E-state index < -0.39 is 0 Å². The van der Waals surface area contributed by atoms with Gasteiger partial charge in [-0.25, -0.2) is 0 Å². The smallest absolute Gasteiger partial charge is 0.0627 e. The van der Waals surface area contributed by atoms with E-state index in [9.17, 15) is 5.11 Å². The summed E-state index contributed by atoms with van der Waals surface area (Å²) in [6.45, 7) is 4.43. The quantitative estimate of drug-likeness (QED) is 0.725. The minimum Gasteiger partial charge on any atom is -0.393 e. The number of hydrogen-bond donors (Lipinski definition) is 1. The SMILES string of the molecule is CC(CC#N)C1=CCC2C(O)CCCC12C. The summed E-state index contributed by atoms with van der Waals surface area (Å²) < 4.78 is 0. The van der Waals surface area contributed by atoms with E-state index in [1.54, 1.807) is 0 Å². The highest BCUT2D eigenvalue weighted by Gasteiger charge is 2.47. The first-order valence-corrected chi connectivity index (χ1v) is 6.35. The van der Waals surface area contributed by atoms with E-state index in [0.29, 0.717) is 18.3 Å². The Labute approximate surface area is 98.0 Å². The van der Waals surface area contributed by atoms with Crippen LogP contribution in [-0.4, -0.2) is 11.2 Å². The van der Waals surface area contributed by atoms with Gasteiger partial charge in [0.25, 0.3) is 0 Å². The van der Waals surface area contributed by atoms with Crippen LogP contribution < -0.4 is 0 Å². The van der Waals surface area contributed by atoms with Crippen LogP contribution in [0.15, 0.2) is 11.6 Å². The standard InChI is InChI=1S/C14H21NO/c1-10(7-9-15)11-5-6-12-13(16)4-3-8-14(11,12)2/h5,10,12-13,16H,3-4,6-8H2,1-2H3. The Morgan fingerprint density at radius 3 is 3.12 bits per heavy atom. The Hall–Kier alpha value is -0.810. The number of allylic oxidation sites excluding steroid dienone is 2. The third kappa shape index (κ3) is 1.68. The van der Waals surface area contributed by atoms with Crippen LogP contribution in [0.1, 0.15) is 46.0 Å². The lowest BCUT2D eigenvalue weighted by atomic mass is 9.63. The molecule has 88 valence electrons.